The number of benzene rings is 5. The van der Waals surface area contributed by atoms with E-state index in [9.17, 15) is 24.0 Å². The van der Waals surface area contributed by atoms with Crippen molar-refractivity contribution in [2.75, 3.05) is 53.1 Å². The highest BCUT2D eigenvalue weighted by molar-refractivity contribution is 6.21. The van der Waals surface area contributed by atoms with Gasteiger partial charge in [0.2, 0.25) is 11.8 Å². The fourth-order valence-corrected chi connectivity index (χ4v) is 9.18. The molecule has 0 unspecified atom stereocenters. The number of nitrogens with one attached hydrogen (secondary N) is 2. The van der Waals surface area contributed by atoms with Crippen LogP contribution in [0, 0.1) is 5.41 Å². The molecule has 2 N–H and O–H groups in total. The molecule has 4 heterocycles. The fraction of sp³-hybridized carbons (Fsp3) is 0.314. The molecule has 4 aliphatic rings. The van der Waals surface area contributed by atoms with E-state index in [-0.39, 0.29) is 42.3 Å². The average Bonchev–Trinajstić information content (AvgIpc) is 3.86. The fourth-order valence-electron chi connectivity index (χ4n) is 9.18. The lowest BCUT2D eigenvalue weighted by Gasteiger charge is -2.23. The number of carbonyl (C=O) groups excluding carboxylic acids is 5. The number of anilines is 5. The highest BCUT2D eigenvalue weighted by Gasteiger charge is 2.44. The lowest BCUT2D eigenvalue weighted by Crippen LogP contribution is -2.42. The number of carbonyl (C=O) groups is 5. The van der Waals surface area contributed by atoms with E-state index in [1.807, 2.05) is 87.6 Å². The van der Waals surface area contributed by atoms with Crippen LogP contribution >= 0.6 is 0 Å². The molecular weight excluding hydrogens is 827 g/mol. The number of nitrogens with zero attached hydrogens (tertiary/aromatic N) is 3. The summed E-state index contributed by atoms with van der Waals surface area (Å²) in [6.45, 7) is 4.80. The molecule has 5 aromatic carbocycles. The third-order valence-electron chi connectivity index (χ3n) is 12.7. The van der Waals surface area contributed by atoms with Gasteiger partial charge in [0.05, 0.1) is 36.7 Å². The number of fused-ring (bicyclic) bond motifs is 8. The summed E-state index contributed by atoms with van der Waals surface area (Å²) in [5.41, 5.74) is 6.69. The van der Waals surface area contributed by atoms with Crippen LogP contribution in [0.4, 0.5) is 28.4 Å². The van der Waals surface area contributed by atoms with Crippen LogP contribution in [0.2, 0.25) is 0 Å². The van der Waals surface area contributed by atoms with Crippen molar-refractivity contribution < 1.29 is 42.9 Å². The number of unbranched alkanes of at least 4 members (excludes halogenated alkanes) is 1. The van der Waals surface area contributed by atoms with Crippen molar-refractivity contribution in [1.82, 2.24) is 0 Å². The quantitative estimate of drug-likeness (QED) is 0.0788. The van der Waals surface area contributed by atoms with Crippen LogP contribution in [0.1, 0.15) is 76.1 Å². The van der Waals surface area contributed by atoms with Gasteiger partial charge in [-0.15, -0.1) is 0 Å². The Kier molecular flexibility index (Phi) is 11.4. The number of para-hydroxylation sites is 2. The topological polar surface area (TPSA) is 156 Å². The van der Waals surface area contributed by atoms with Crippen molar-refractivity contribution in [2.45, 2.75) is 71.2 Å². The molecule has 0 radical (unpaired) electrons. The Morgan fingerprint density at radius 2 is 1.14 bits per heavy atom. The number of hydrogen-bond acceptors (Lipinski definition) is 10. The zero-order chi connectivity index (χ0) is 45.6. The van der Waals surface area contributed by atoms with E-state index < -0.39 is 12.1 Å². The number of aldehydes is 1. The van der Waals surface area contributed by atoms with E-state index in [0.717, 1.165) is 60.0 Å². The first-order valence-corrected chi connectivity index (χ1v) is 21.8. The molecule has 0 bridgehead atoms. The number of amides is 4. The van der Waals surface area contributed by atoms with Gasteiger partial charge < -0.3 is 39.3 Å². The standard InChI is InChI=1S/C51H51N5O9/c1-51(2,29-57)16-10-11-17-54(3)34-19-30(27-64-45-25-37-35(23-43(45)62-4)49(60)55-39-14-8-6-12-32(39)21-41(55)47(58)52-37)18-31(20-34)28-65-46-26-38-36(24-44(46)63-5)50(61)56-40-15-9-7-13-33(40)22-42(56)48(59)53-38/h6-9,12-15,18-20,23-26,29,41-42H,10-11,16-17,21-22,27-28H2,1-5H3,(H,52,58)(H,53,59)/t41-,42-/m0/s1. The largest absolute Gasteiger partial charge is 0.493 e. The van der Waals surface area contributed by atoms with Crippen LogP contribution in [0.5, 0.6) is 23.0 Å². The third kappa shape index (κ3) is 8.20. The monoisotopic (exact) mass is 877 g/mol. The molecule has 0 saturated carbocycles. The number of rotatable bonds is 15. The van der Waals surface area contributed by atoms with Gasteiger partial charge in [-0.3, -0.25) is 29.0 Å². The molecule has 0 saturated heterocycles. The summed E-state index contributed by atoms with van der Waals surface area (Å²) in [4.78, 5) is 72.0. The van der Waals surface area contributed by atoms with Gasteiger partial charge in [-0.2, -0.15) is 0 Å². The molecule has 0 fully saturated rings. The van der Waals surface area contributed by atoms with Gasteiger partial charge in [0, 0.05) is 61.0 Å². The highest BCUT2D eigenvalue weighted by atomic mass is 16.5. The molecular formula is C51H51N5O9. The van der Waals surface area contributed by atoms with Crippen molar-refractivity contribution >= 4 is 58.4 Å². The lowest BCUT2D eigenvalue weighted by molar-refractivity contribution is -0.117. The highest BCUT2D eigenvalue weighted by Crippen LogP contribution is 2.43. The molecule has 14 heteroatoms. The first kappa shape index (κ1) is 42.9. The van der Waals surface area contributed by atoms with Crippen molar-refractivity contribution in [1.29, 1.82) is 0 Å². The van der Waals surface area contributed by atoms with Crippen molar-refractivity contribution in [3.63, 3.8) is 0 Å². The van der Waals surface area contributed by atoms with E-state index in [4.69, 9.17) is 18.9 Å². The summed E-state index contributed by atoms with van der Waals surface area (Å²) < 4.78 is 24.4. The van der Waals surface area contributed by atoms with Gasteiger partial charge >= 0.3 is 0 Å². The zero-order valence-corrected chi connectivity index (χ0v) is 37.1. The van der Waals surface area contributed by atoms with Crippen molar-refractivity contribution in [2.24, 2.45) is 5.41 Å². The Balaban J connectivity index is 0.979. The number of ether oxygens (including phenoxy) is 4. The van der Waals surface area contributed by atoms with Gasteiger partial charge in [-0.1, -0.05) is 56.7 Å². The molecule has 334 valence electrons. The maximum Gasteiger partial charge on any atom is 0.261 e. The first-order chi connectivity index (χ1) is 31.4. The van der Waals surface area contributed by atoms with E-state index >= 15 is 0 Å². The maximum atomic E-state index is 14.0. The van der Waals surface area contributed by atoms with Crippen LogP contribution in [0.25, 0.3) is 0 Å². The second kappa shape index (κ2) is 17.3. The van der Waals surface area contributed by atoms with Gasteiger partial charge in [-0.05, 0) is 77.6 Å². The normalized spacial score (nSPS) is 17.0. The Morgan fingerprint density at radius 1 is 0.662 bits per heavy atom. The minimum absolute atomic E-state index is 0.0957. The predicted molar refractivity (Wildman–Crippen MR) is 247 cm³/mol. The van der Waals surface area contributed by atoms with Crippen molar-refractivity contribution in [3.05, 3.63) is 124 Å². The van der Waals surface area contributed by atoms with Crippen LogP contribution in [0.3, 0.4) is 0 Å². The van der Waals surface area contributed by atoms with Gasteiger partial charge in [0.1, 0.15) is 31.6 Å². The van der Waals surface area contributed by atoms with Gasteiger partial charge in [-0.25, -0.2) is 0 Å². The van der Waals surface area contributed by atoms with Crippen molar-refractivity contribution in [3.8, 4) is 23.0 Å². The molecule has 9 rings (SSSR count). The molecule has 4 amide bonds. The average molecular weight is 878 g/mol. The van der Waals surface area contributed by atoms with Crippen LogP contribution < -0.4 is 44.3 Å². The summed E-state index contributed by atoms with van der Waals surface area (Å²) in [6, 6.07) is 26.2. The summed E-state index contributed by atoms with van der Waals surface area (Å²) in [7, 11) is 5.02. The first-order valence-electron chi connectivity index (χ1n) is 21.8. The van der Waals surface area contributed by atoms with Crippen LogP contribution in [-0.2, 0) is 40.4 Å². The van der Waals surface area contributed by atoms with E-state index in [2.05, 4.69) is 15.5 Å². The second-order valence-corrected chi connectivity index (χ2v) is 17.7. The van der Waals surface area contributed by atoms with Crippen LogP contribution in [0.15, 0.2) is 91.0 Å². The minimum atomic E-state index is -0.678. The van der Waals surface area contributed by atoms with E-state index in [0.29, 0.717) is 69.7 Å². The third-order valence-corrected chi connectivity index (χ3v) is 12.7. The molecule has 5 aromatic rings. The van der Waals surface area contributed by atoms with E-state index in [1.54, 1.807) is 34.1 Å². The smallest absolute Gasteiger partial charge is 0.261 e. The molecule has 2 atom stereocenters. The SMILES string of the molecule is COc1cc2c(cc1OCc1cc(COc3cc4c(cc3OC)C(=O)N3c5ccccc5C[C@H]3C(=O)N4)cc(N(C)CCCCC(C)(C)C=O)c1)NC(=O)[C@@H]1Cc3ccccc3N1C2=O. The predicted octanol–water partition coefficient (Wildman–Crippen LogP) is 7.74. The number of methoxy groups -OCH3 is 2. The molecule has 14 nitrogen and oxygen atoms in total. The molecule has 0 spiro atoms. The maximum absolute atomic E-state index is 14.0. The second-order valence-electron chi connectivity index (χ2n) is 17.7. The Labute approximate surface area is 377 Å². The van der Waals surface area contributed by atoms with E-state index in [1.165, 1.54) is 14.2 Å². The molecule has 0 aromatic heterocycles. The lowest BCUT2D eigenvalue weighted by atomic mass is 9.89. The molecule has 0 aliphatic carbocycles. The zero-order valence-electron chi connectivity index (χ0n) is 37.1. The Hall–Kier alpha value is -7.35. The Bertz CT molecular complexity index is 2590. The van der Waals surface area contributed by atoms with Gasteiger partial charge in [0.15, 0.2) is 23.0 Å². The summed E-state index contributed by atoms with van der Waals surface area (Å²) in [6.07, 6.45) is 4.35. The number of hydrogen-bond donors (Lipinski definition) is 2. The van der Waals surface area contributed by atoms with Crippen LogP contribution in [-0.4, -0.2) is 69.8 Å². The molecule has 4 aliphatic heterocycles. The Morgan fingerprint density at radius 3 is 1.60 bits per heavy atom. The minimum Gasteiger partial charge on any atom is -0.493 e. The summed E-state index contributed by atoms with van der Waals surface area (Å²) >= 11 is 0. The van der Waals surface area contributed by atoms with Gasteiger partial charge in [0.25, 0.3) is 11.8 Å². The summed E-state index contributed by atoms with van der Waals surface area (Å²) in [5.74, 6) is 0.156. The molecule has 65 heavy (non-hydrogen) atoms. The summed E-state index contributed by atoms with van der Waals surface area (Å²) in [5, 5.41) is 5.94.